The smallest absolute Gasteiger partial charge is 0.214 e. The van der Waals surface area contributed by atoms with Gasteiger partial charge in [-0.25, -0.2) is 13.6 Å². The molecule has 120 valence electrons. The number of pyridine rings is 1. The molecule has 7 heteroatoms. The van der Waals surface area contributed by atoms with Gasteiger partial charge in [0.15, 0.2) is 0 Å². The van der Waals surface area contributed by atoms with Crippen LogP contribution >= 0.6 is 0 Å². The molecule has 0 aromatic carbocycles. The highest BCUT2D eigenvalue weighted by Crippen LogP contribution is 2.19. The number of allylic oxidation sites excluding steroid dienone is 1. The van der Waals surface area contributed by atoms with E-state index in [-0.39, 0.29) is 5.57 Å². The third kappa shape index (κ3) is 5.84. The van der Waals surface area contributed by atoms with E-state index in [9.17, 15) is 8.42 Å². The van der Waals surface area contributed by atoms with E-state index >= 15 is 0 Å². The normalized spacial score (nSPS) is 12.8. The Kier molecular flexibility index (Phi) is 6.09. The minimum Gasteiger partial charge on any atom is -0.357 e. The number of nitrogens with zero attached hydrogens (tertiary/aromatic N) is 2. The Balaban J connectivity index is 3.01. The molecule has 0 bridgehead atoms. The third-order valence-corrected chi connectivity index (χ3v) is 3.73. The van der Waals surface area contributed by atoms with Crippen LogP contribution < -0.4 is 10.5 Å². The first kappa shape index (κ1) is 18.1. The van der Waals surface area contributed by atoms with Crippen LogP contribution in [0.25, 0.3) is 0 Å². The fourth-order valence-electron chi connectivity index (χ4n) is 1.98. The van der Waals surface area contributed by atoms with Crippen LogP contribution in [-0.4, -0.2) is 19.2 Å². The molecular weight excluding hydrogens is 300 g/mol. The van der Waals surface area contributed by atoms with Crippen LogP contribution in [-0.2, 0) is 16.4 Å². The number of rotatable bonds is 6. The first-order chi connectivity index (χ1) is 10.1. The summed E-state index contributed by atoms with van der Waals surface area (Å²) in [5.41, 5.74) is 3.28. The van der Waals surface area contributed by atoms with Gasteiger partial charge in [0, 0.05) is 11.4 Å². The summed E-state index contributed by atoms with van der Waals surface area (Å²) in [6, 6.07) is 3.86. The van der Waals surface area contributed by atoms with E-state index in [1.165, 1.54) is 0 Å². The average molecular weight is 322 g/mol. The molecule has 0 amide bonds. The molecule has 6 nitrogen and oxygen atoms in total. The summed E-state index contributed by atoms with van der Waals surface area (Å²) in [4.78, 5) is 4.38. The number of anilines is 1. The van der Waals surface area contributed by atoms with Crippen molar-refractivity contribution in [2.75, 3.05) is 11.1 Å². The zero-order valence-electron chi connectivity index (χ0n) is 13.3. The molecule has 0 aliphatic heterocycles. The fourth-order valence-corrected chi connectivity index (χ4v) is 2.66. The molecule has 1 rings (SSSR count). The van der Waals surface area contributed by atoms with Crippen LogP contribution in [0.4, 0.5) is 5.69 Å². The summed E-state index contributed by atoms with van der Waals surface area (Å²) in [5.74, 6) is 0.0348. The molecule has 0 aliphatic carbocycles. The molecule has 22 heavy (non-hydrogen) atoms. The predicted octanol–water partition coefficient (Wildman–Crippen LogP) is 2.09. The molecule has 0 aliphatic rings. The topological polar surface area (TPSA) is 109 Å². The van der Waals surface area contributed by atoms with E-state index in [2.05, 4.69) is 24.1 Å². The molecule has 0 saturated heterocycles. The van der Waals surface area contributed by atoms with E-state index in [1.807, 2.05) is 19.1 Å². The number of aryl methyl sites for hydroxylation is 1. The van der Waals surface area contributed by atoms with Gasteiger partial charge in [0.05, 0.1) is 23.5 Å². The zero-order chi connectivity index (χ0) is 16.9. The second-order valence-corrected chi connectivity index (χ2v) is 7.35. The SMILES string of the molecule is CC(Nc1cnc(CC(C)C)cc1C)=C(C#N)CS(N)(=O)=O. The predicted molar refractivity (Wildman–Crippen MR) is 87.4 cm³/mol. The van der Waals surface area contributed by atoms with Crippen molar-refractivity contribution in [3.05, 3.63) is 34.8 Å². The van der Waals surface area contributed by atoms with Gasteiger partial charge in [-0.05, 0) is 37.8 Å². The van der Waals surface area contributed by atoms with E-state index in [4.69, 9.17) is 10.4 Å². The van der Waals surface area contributed by atoms with Crippen molar-refractivity contribution >= 4 is 15.7 Å². The minimum absolute atomic E-state index is 0.0909. The molecule has 0 saturated carbocycles. The lowest BCUT2D eigenvalue weighted by Crippen LogP contribution is -2.19. The Labute approximate surface area is 132 Å². The Hall–Kier alpha value is -1.91. The molecule has 3 N–H and O–H groups in total. The number of nitrogens with one attached hydrogen (secondary N) is 1. The van der Waals surface area contributed by atoms with E-state index < -0.39 is 15.8 Å². The highest BCUT2D eigenvalue weighted by Gasteiger charge is 2.12. The first-order valence-electron chi connectivity index (χ1n) is 6.95. The summed E-state index contributed by atoms with van der Waals surface area (Å²) >= 11 is 0. The van der Waals surface area contributed by atoms with Gasteiger partial charge in [0.25, 0.3) is 0 Å². The number of aromatic nitrogens is 1. The Bertz CT molecular complexity index is 716. The third-order valence-electron chi connectivity index (χ3n) is 3.04. The van der Waals surface area contributed by atoms with Gasteiger partial charge in [-0.3, -0.25) is 4.98 Å². The van der Waals surface area contributed by atoms with Crippen LogP contribution in [0.15, 0.2) is 23.5 Å². The lowest BCUT2D eigenvalue weighted by Gasteiger charge is -2.13. The van der Waals surface area contributed by atoms with Crippen molar-refractivity contribution in [1.82, 2.24) is 4.98 Å². The minimum atomic E-state index is -3.74. The first-order valence-corrected chi connectivity index (χ1v) is 8.66. The summed E-state index contributed by atoms with van der Waals surface area (Å²) in [6.45, 7) is 7.84. The molecule has 1 aromatic rings. The Morgan fingerprint density at radius 3 is 2.59 bits per heavy atom. The van der Waals surface area contributed by atoms with Gasteiger partial charge in [-0.2, -0.15) is 5.26 Å². The second-order valence-electron chi connectivity index (χ2n) is 5.74. The number of hydrogen-bond acceptors (Lipinski definition) is 5. The molecule has 0 fully saturated rings. The molecule has 0 spiro atoms. The number of sulfonamides is 1. The van der Waals surface area contributed by atoms with Crippen molar-refractivity contribution in [2.24, 2.45) is 11.1 Å². The maximum absolute atomic E-state index is 11.1. The maximum Gasteiger partial charge on any atom is 0.214 e. The van der Waals surface area contributed by atoms with Crippen LogP contribution in [0.2, 0.25) is 0 Å². The van der Waals surface area contributed by atoms with Crippen LogP contribution in [0.5, 0.6) is 0 Å². The summed E-state index contributed by atoms with van der Waals surface area (Å²) < 4.78 is 22.2. The Morgan fingerprint density at radius 1 is 1.50 bits per heavy atom. The quantitative estimate of drug-likeness (QED) is 0.779. The average Bonchev–Trinajstić information content (AvgIpc) is 2.37. The monoisotopic (exact) mass is 322 g/mol. The lowest BCUT2D eigenvalue weighted by atomic mass is 10.1. The lowest BCUT2D eigenvalue weighted by molar-refractivity contribution is 0.600. The second kappa shape index (κ2) is 7.38. The number of primary sulfonamides is 1. The number of hydrogen-bond donors (Lipinski definition) is 2. The zero-order valence-corrected chi connectivity index (χ0v) is 14.2. The fraction of sp³-hybridized carbons (Fsp3) is 0.467. The van der Waals surface area contributed by atoms with Crippen molar-refractivity contribution in [3.8, 4) is 6.07 Å². The highest BCUT2D eigenvalue weighted by molar-refractivity contribution is 7.89. The van der Waals surface area contributed by atoms with Gasteiger partial charge < -0.3 is 5.32 Å². The van der Waals surface area contributed by atoms with Crippen LogP contribution in [0, 0.1) is 24.2 Å². The molecule has 0 radical (unpaired) electrons. The van der Waals surface area contributed by atoms with Crippen molar-refractivity contribution in [1.29, 1.82) is 5.26 Å². The summed E-state index contributed by atoms with van der Waals surface area (Å²) in [7, 11) is -3.74. The van der Waals surface area contributed by atoms with Gasteiger partial charge in [0.1, 0.15) is 5.75 Å². The molecular formula is C15H22N4O2S. The molecule has 1 heterocycles. The van der Waals surface area contributed by atoms with Crippen molar-refractivity contribution in [3.63, 3.8) is 0 Å². The standard InChI is InChI=1S/C15H22N4O2S/c1-10(2)5-14-6-11(3)15(8-18-14)19-12(4)13(7-16)9-22(17,20)21/h6,8,10,19H,5,9H2,1-4H3,(H2,17,20,21). The van der Waals surface area contributed by atoms with Crippen molar-refractivity contribution < 1.29 is 8.42 Å². The summed E-state index contributed by atoms with van der Waals surface area (Å²) in [5, 5.41) is 17.1. The molecule has 1 aromatic heterocycles. The van der Waals surface area contributed by atoms with Crippen molar-refractivity contribution in [2.45, 2.75) is 34.1 Å². The van der Waals surface area contributed by atoms with Gasteiger partial charge in [0.2, 0.25) is 10.0 Å². The highest BCUT2D eigenvalue weighted by atomic mass is 32.2. The molecule has 0 unspecified atom stereocenters. The maximum atomic E-state index is 11.1. The summed E-state index contributed by atoms with van der Waals surface area (Å²) in [6.07, 6.45) is 2.59. The van der Waals surface area contributed by atoms with E-state index in [0.29, 0.717) is 11.6 Å². The van der Waals surface area contributed by atoms with E-state index in [0.717, 1.165) is 23.4 Å². The molecule has 0 atom stereocenters. The van der Waals surface area contributed by atoms with Gasteiger partial charge in [-0.15, -0.1) is 0 Å². The van der Waals surface area contributed by atoms with Gasteiger partial charge >= 0.3 is 0 Å². The van der Waals surface area contributed by atoms with E-state index in [1.54, 1.807) is 13.1 Å². The number of nitriles is 1. The van der Waals surface area contributed by atoms with Gasteiger partial charge in [-0.1, -0.05) is 13.8 Å². The van der Waals surface area contributed by atoms with Crippen LogP contribution in [0.3, 0.4) is 0 Å². The number of nitrogens with two attached hydrogens (primary N) is 1. The largest absolute Gasteiger partial charge is 0.357 e. The Morgan fingerprint density at radius 2 is 2.14 bits per heavy atom. The van der Waals surface area contributed by atoms with Crippen LogP contribution in [0.1, 0.15) is 32.0 Å².